The van der Waals surface area contributed by atoms with Gasteiger partial charge in [0.2, 0.25) is 0 Å². The Bertz CT molecular complexity index is 581. The molecule has 0 bridgehead atoms. The van der Waals surface area contributed by atoms with Gasteiger partial charge in [-0.05, 0) is 24.1 Å². The highest BCUT2D eigenvalue weighted by atomic mass is 16.1. The van der Waals surface area contributed by atoms with Crippen molar-refractivity contribution < 1.29 is 4.79 Å². The molecule has 0 aliphatic rings. The first kappa shape index (κ1) is 9.16. The van der Waals surface area contributed by atoms with Crippen LogP contribution in [0.15, 0.2) is 24.5 Å². The molecular formula is C11H7N3O. The monoisotopic (exact) mass is 197 g/mol. The predicted octanol–water partition coefficient (Wildman–Crippen LogP) is 0.762. The van der Waals surface area contributed by atoms with Crippen molar-refractivity contribution in [1.29, 1.82) is 0 Å². The lowest BCUT2D eigenvalue weighted by Crippen LogP contribution is -1.93. The number of aromatic nitrogens is 2. The fraction of sp³-hybridized carbons (Fsp3) is 0. The molecule has 0 atom stereocenters. The Kier molecular flexibility index (Phi) is 2.30. The van der Waals surface area contributed by atoms with E-state index in [0.29, 0.717) is 12.1 Å². The van der Waals surface area contributed by atoms with Crippen molar-refractivity contribution in [3.63, 3.8) is 0 Å². The Morgan fingerprint density at radius 1 is 1.33 bits per heavy atom. The van der Waals surface area contributed by atoms with Gasteiger partial charge in [0.05, 0.1) is 5.52 Å². The first-order chi connectivity index (χ1) is 7.31. The molecule has 0 saturated carbocycles. The molecule has 2 aromatic rings. The number of anilines is 1. The van der Waals surface area contributed by atoms with Crippen molar-refractivity contribution in [2.24, 2.45) is 0 Å². The van der Waals surface area contributed by atoms with E-state index in [-0.39, 0.29) is 0 Å². The Hall–Kier alpha value is -2.41. The van der Waals surface area contributed by atoms with Crippen LogP contribution in [0.1, 0.15) is 5.56 Å². The van der Waals surface area contributed by atoms with E-state index in [9.17, 15) is 4.79 Å². The number of hydrogen-bond acceptors (Lipinski definition) is 4. The predicted molar refractivity (Wildman–Crippen MR) is 56.9 cm³/mol. The molecule has 15 heavy (non-hydrogen) atoms. The molecule has 0 aliphatic carbocycles. The molecule has 1 aromatic heterocycles. The third-order valence-electron chi connectivity index (χ3n) is 1.94. The van der Waals surface area contributed by atoms with Crippen LogP contribution < -0.4 is 5.73 Å². The molecule has 0 amide bonds. The van der Waals surface area contributed by atoms with Gasteiger partial charge in [0.25, 0.3) is 0 Å². The Labute approximate surface area is 86.1 Å². The molecule has 0 spiro atoms. The number of nitrogens with two attached hydrogens (primary N) is 1. The molecule has 0 saturated heterocycles. The van der Waals surface area contributed by atoms with Gasteiger partial charge in [-0.1, -0.05) is 5.92 Å². The summed E-state index contributed by atoms with van der Waals surface area (Å²) in [6.45, 7) is 0. The Morgan fingerprint density at radius 2 is 2.20 bits per heavy atom. The second kappa shape index (κ2) is 3.76. The van der Waals surface area contributed by atoms with Crippen LogP contribution in [0.4, 0.5) is 5.82 Å². The molecule has 4 heteroatoms. The lowest BCUT2D eigenvalue weighted by Gasteiger charge is -1.99. The standard InChI is InChI=1S/C11H7N3O/c12-11-9-6-8(2-1-5-15)3-4-10(9)13-7-14-11/h3-7H,(H2,12,13,14). The number of benzene rings is 1. The zero-order valence-corrected chi connectivity index (χ0v) is 7.77. The van der Waals surface area contributed by atoms with Crippen molar-refractivity contribution in [3.8, 4) is 11.8 Å². The molecule has 2 rings (SSSR count). The zero-order chi connectivity index (χ0) is 10.7. The summed E-state index contributed by atoms with van der Waals surface area (Å²) in [7, 11) is 0. The second-order valence-electron chi connectivity index (χ2n) is 2.88. The van der Waals surface area contributed by atoms with Gasteiger partial charge in [-0.25, -0.2) is 9.97 Å². The van der Waals surface area contributed by atoms with Crippen molar-refractivity contribution in [2.75, 3.05) is 5.73 Å². The number of nitrogen functional groups attached to an aromatic ring is 1. The molecule has 0 fully saturated rings. The van der Waals surface area contributed by atoms with Crippen LogP contribution in [0, 0.1) is 11.8 Å². The summed E-state index contributed by atoms with van der Waals surface area (Å²) in [5.74, 6) is 5.43. The van der Waals surface area contributed by atoms with E-state index in [1.165, 1.54) is 6.33 Å². The van der Waals surface area contributed by atoms with E-state index in [4.69, 9.17) is 5.73 Å². The zero-order valence-electron chi connectivity index (χ0n) is 7.77. The average molecular weight is 197 g/mol. The molecule has 2 N–H and O–H groups in total. The number of rotatable bonds is 0. The van der Waals surface area contributed by atoms with Gasteiger partial charge in [0.15, 0.2) is 6.29 Å². The highest BCUT2D eigenvalue weighted by Gasteiger charge is 1.99. The maximum Gasteiger partial charge on any atom is 0.193 e. The molecule has 72 valence electrons. The van der Waals surface area contributed by atoms with Crippen molar-refractivity contribution in [2.45, 2.75) is 0 Å². The quantitative estimate of drug-likeness (QED) is 0.500. The van der Waals surface area contributed by atoms with Gasteiger partial charge in [-0.15, -0.1) is 0 Å². The fourth-order valence-corrected chi connectivity index (χ4v) is 1.27. The van der Waals surface area contributed by atoms with E-state index in [2.05, 4.69) is 21.8 Å². The summed E-state index contributed by atoms with van der Waals surface area (Å²) in [6.07, 6.45) is 1.96. The number of aldehydes is 1. The maximum absolute atomic E-state index is 10.1. The largest absolute Gasteiger partial charge is 0.383 e. The molecule has 0 aliphatic heterocycles. The minimum Gasteiger partial charge on any atom is -0.383 e. The van der Waals surface area contributed by atoms with Crippen LogP contribution in [-0.2, 0) is 4.79 Å². The Balaban J connectivity index is 2.64. The molecule has 0 radical (unpaired) electrons. The topological polar surface area (TPSA) is 68.9 Å². The van der Waals surface area contributed by atoms with Crippen LogP contribution in [0.3, 0.4) is 0 Å². The molecule has 1 aromatic carbocycles. The number of carbonyl (C=O) groups is 1. The summed E-state index contributed by atoms with van der Waals surface area (Å²) >= 11 is 0. The fourth-order valence-electron chi connectivity index (χ4n) is 1.27. The number of carbonyl (C=O) groups excluding carboxylic acids is 1. The van der Waals surface area contributed by atoms with E-state index in [1.54, 1.807) is 18.2 Å². The third-order valence-corrected chi connectivity index (χ3v) is 1.94. The average Bonchev–Trinajstić information content (AvgIpc) is 2.27. The van der Waals surface area contributed by atoms with Crippen molar-refractivity contribution in [1.82, 2.24) is 9.97 Å². The summed E-state index contributed by atoms with van der Waals surface area (Å²) in [5.41, 5.74) is 7.17. The second-order valence-corrected chi connectivity index (χ2v) is 2.88. The minimum absolute atomic E-state index is 0.412. The van der Waals surface area contributed by atoms with Gasteiger partial charge >= 0.3 is 0 Å². The van der Waals surface area contributed by atoms with Crippen LogP contribution in [0.25, 0.3) is 10.9 Å². The van der Waals surface area contributed by atoms with E-state index >= 15 is 0 Å². The first-order valence-electron chi connectivity index (χ1n) is 4.26. The molecule has 0 unspecified atom stereocenters. The van der Waals surface area contributed by atoms with Gasteiger partial charge in [-0.3, -0.25) is 4.79 Å². The number of nitrogens with zero attached hydrogens (tertiary/aromatic N) is 2. The third kappa shape index (κ3) is 1.76. The minimum atomic E-state index is 0.412. The maximum atomic E-state index is 10.1. The first-order valence-corrected chi connectivity index (χ1v) is 4.26. The summed E-state index contributed by atoms with van der Waals surface area (Å²) in [6, 6.07) is 5.34. The molecular weight excluding hydrogens is 190 g/mol. The van der Waals surface area contributed by atoms with Crippen LogP contribution in [-0.4, -0.2) is 16.3 Å². The summed E-state index contributed by atoms with van der Waals surface area (Å²) < 4.78 is 0. The lowest BCUT2D eigenvalue weighted by molar-refractivity contribution is -0.103. The van der Waals surface area contributed by atoms with Crippen LogP contribution in [0.2, 0.25) is 0 Å². The van der Waals surface area contributed by atoms with Gasteiger partial charge in [0, 0.05) is 10.9 Å². The SMILES string of the molecule is Nc1ncnc2ccc(C#CC=O)cc12. The van der Waals surface area contributed by atoms with Gasteiger partial charge in [0.1, 0.15) is 12.1 Å². The van der Waals surface area contributed by atoms with Crippen LogP contribution >= 0.6 is 0 Å². The highest BCUT2D eigenvalue weighted by Crippen LogP contribution is 2.17. The Morgan fingerprint density at radius 3 is 3.00 bits per heavy atom. The highest BCUT2D eigenvalue weighted by molar-refractivity contribution is 5.89. The van der Waals surface area contributed by atoms with Crippen LogP contribution in [0.5, 0.6) is 0 Å². The number of fused-ring (bicyclic) bond motifs is 1. The van der Waals surface area contributed by atoms with Gasteiger partial charge in [-0.2, -0.15) is 0 Å². The summed E-state index contributed by atoms with van der Waals surface area (Å²) in [4.78, 5) is 18.0. The van der Waals surface area contributed by atoms with Gasteiger partial charge < -0.3 is 5.73 Å². The van der Waals surface area contributed by atoms with E-state index in [1.807, 2.05) is 0 Å². The molecule has 1 heterocycles. The van der Waals surface area contributed by atoms with Crippen molar-refractivity contribution in [3.05, 3.63) is 30.1 Å². The number of hydrogen-bond donors (Lipinski definition) is 1. The van der Waals surface area contributed by atoms with E-state index < -0.39 is 0 Å². The summed E-state index contributed by atoms with van der Waals surface area (Å²) in [5, 5.41) is 0.746. The van der Waals surface area contributed by atoms with Crippen molar-refractivity contribution >= 4 is 23.0 Å². The normalized spacial score (nSPS) is 9.33. The lowest BCUT2D eigenvalue weighted by atomic mass is 10.1. The molecule has 4 nitrogen and oxygen atoms in total. The van der Waals surface area contributed by atoms with E-state index in [0.717, 1.165) is 16.5 Å². The smallest absolute Gasteiger partial charge is 0.193 e.